The van der Waals surface area contributed by atoms with Crippen molar-refractivity contribution in [2.75, 3.05) is 5.73 Å². The Morgan fingerprint density at radius 2 is 2.12 bits per heavy atom. The molecule has 0 amide bonds. The quantitative estimate of drug-likeness (QED) is 0.656. The second-order valence-corrected chi connectivity index (χ2v) is 4.77. The number of nitrogen functional groups attached to an aromatic ring is 1. The Morgan fingerprint density at radius 3 is 2.75 bits per heavy atom. The topological polar surface area (TPSA) is 43.1 Å². The molecule has 2 nitrogen and oxygen atoms in total. The maximum Gasteiger partial charge on any atom is 0.204 e. The number of nitrogens with two attached hydrogens (primary N) is 1. The van der Waals surface area contributed by atoms with Crippen molar-refractivity contribution >= 4 is 34.4 Å². The van der Waals surface area contributed by atoms with E-state index in [1.165, 1.54) is 11.3 Å². The molecule has 1 aromatic carbocycles. The molecule has 0 fully saturated rings. The van der Waals surface area contributed by atoms with Crippen molar-refractivity contribution in [2.24, 2.45) is 0 Å². The van der Waals surface area contributed by atoms with Crippen molar-refractivity contribution in [1.82, 2.24) is 0 Å². The molecule has 0 spiro atoms. The third-order valence-corrected chi connectivity index (χ3v) is 3.78. The minimum atomic E-state index is -0.0650. The molecule has 16 heavy (non-hydrogen) atoms. The minimum absolute atomic E-state index is 0.0650. The van der Waals surface area contributed by atoms with E-state index in [9.17, 15) is 4.79 Å². The number of rotatable bonds is 2. The Morgan fingerprint density at radius 1 is 1.38 bits per heavy atom. The zero-order valence-electron chi connectivity index (χ0n) is 8.66. The van der Waals surface area contributed by atoms with E-state index in [4.69, 9.17) is 17.3 Å². The van der Waals surface area contributed by atoms with Gasteiger partial charge < -0.3 is 5.73 Å². The summed E-state index contributed by atoms with van der Waals surface area (Å²) in [4.78, 5) is 12.7. The van der Waals surface area contributed by atoms with E-state index in [0.717, 1.165) is 5.56 Å². The summed E-state index contributed by atoms with van der Waals surface area (Å²) in [7, 11) is 0. The molecule has 1 aromatic heterocycles. The highest BCUT2D eigenvalue weighted by atomic mass is 35.5. The van der Waals surface area contributed by atoms with Gasteiger partial charge >= 0.3 is 0 Å². The van der Waals surface area contributed by atoms with Gasteiger partial charge in [0.1, 0.15) is 0 Å². The van der Waals surface area contributed by atoms with Gasteiger partial charge in [0.2, 0.25) is 5.78 Å². The molecule has 4 heteroatoms. The van der Waals surface area contributed by atoms with Gasteiger partial charge in [-0.2, -0.15) is 0 Å². The molecular weight excluding hydrogens is 242 g/mol. The monoisotopic (exact) mass is 251 g/mol. The highest BCUT2D eigenvalue weighted by Gasteiger charge is 2.16. The van der Waals surface area contributed by atoms with Crippen LogP contribution in [0.15, 0.2) is 29.6 Å². The van der Waals surface area contributed by atoms with E-state index in [1.807, 2.05) is 6.92 Å². The lowest BCUT2D eigenvalue weighted by Crippen LogP contribution is -2.04. The number of carbonyl (C=O) groups is 1. The number of ketones is 1. The fraction of sp³-hybridized carbons (Fsp3) is 0.0833. The maximum absolute atomic E-state index is 12.2. The first kappa shape index (κ1) is 11.2. The zero-order chi connectivity index (χ0) is 11.7. The van der Waals surface area contributed by atoms with Gasteiger partial charge in [0.15, 0.2) is 0 Å². The lowest BCUT2D eigenvalue weighted by Gasteiger charge is -2.06. The fourth-order valence-electron chi connectivity index (χ4n) is 1.48. The summed E-state index contributed by atoms with van der Waals surface area (Å²) in [5.41, 5.74) is 7.81. The van der Waals surface area contributed by atoms with Crippen molar-refractivity contribution in [3.63, 3.8) is 0 Å². The van der Waals surface area contributed by atoms with Crippen LogP contribution in [0, 0.1) is 6.92 Å². The summed E-state index contributed by atoms with van der Waals surface area (Å²) < 4.78 is 0. The normalized spacial score (nSPS) is 10.4. The van der Waals surface area contributed by atoms with Gasteiger partial charge in [-0.15, -0.1) is 11.3 Å². The van der Waals surface area contributed by atoms with E-state index in [2.05, 4.69) is 0 Å². The van der Waals surface area contributed by atoms with Crippen LogP contribution in [0.4, 0.5) is 5.69 Å². The Bertz CT molecular complexity index is 548. The van der Waals surface area contributed by atoms with Gasteiger partial charge in [-0.1, -0.05) is 23.7 Å². The van der Waals surface area contributed by atoms with Crippen LogP contribution in [0.1, 0.15) is 20.8 Å². The molecule has 0 atom stereocenters. The van der Waals surface area contributed by atoms with Crippen LogP contribution in [0.2, 0.25) is 5.02 Å². The molecule has 0 radical (unpaired) electrons. The Labute approximate surface area is 103 Å². The first-order chi connectivity index (χ1) is 7.61. The summed E-state index contributed by atoms with van der Waals surface area (Å²) >= 11 is 7.28. The van der Waals surface area contributed by atoms with Crippen molar-refractivity contribution in [3.05, 3.63) is 50.7 Å². The highest BCUT2D eigenvalue weighted by molar-refractivity contribution is 7.13. The summed E-state index contributed by atoms with van der Waals surface area (Å²) in [6.45, 7) is 1.84. The van der Waals surface area contributed by atoms with Crippen LogP contribution in [0.5, 0.6) is 0 Å². The molecule has 0 unspecified atom stereocenters. The first-order valence-electron chi connectivity index (χ1n) is 4.74. The van der Waals surface area contributed by atoms with E-state index in [1.54, 1.807) is 29.6 Å². The number of anilines is 1. The largest absolute Gasteiger partial charge is 0.398 e. The molecule has 0 bridgehead atoms. The number of benzene rings is 1. The Hall–Kier alpha value is -1.32. The summed E-state index contributed by atoms with van der Waals surface area (Å²) in [6, 6.07) is 7.05. The van der Waals surface area contributed by atoms with Crippen LogP contribution in [-0.4, -0.2) is 5.78 Å². The van der Waals surface area contributed by atoms with Gasteiger partial charge in [0.05, 0.1) is 9.90 Å². The summed E-state index contributed by atoms with van der Waals surface area (Å²) in [6.07, 6.45) is 0. The van der Waals surface area contributed by atoms with Crippen LogP contribution in [0.25, 0.3) is 0 Å². The molecule has 82 valence electrons. The first-order valence-corrected chi connectivity index (χ1v) is 6.00. The molecular formula is C12H10ClNOS. The molecule has 1 heterocycles. The number of carbonyl (C=O) groups excluding carboxylic acids is 1. The van der Waals surface area contributed by atoms with Gasteiger partial charge in [-0.3, -0.25) is 4.79 Å². The number of hydrogen-bond donors (Lipinski definition) is 1. The fourth-order valence-corrected chi connectivity index (χ4v) is 2.57. The number of thiophene rings is 1. The molecule has 0 aliphatic rings. The lowest BCUT2D eigenvalue weighted by molar-refractivity contribution is 0.104. The molecule has 0 saturated heterocycles. The predicted molar refractivity (Wildman–Crippen MR) is 68.4 cm³/mol. The maximum atomic E-state index is 12.2. The van der Waals surface area contributed by atoms with Gasteiger partial charge in [-0.25, -0.2) is 0 Å². The molecule has 2 N–H and O–H groups in total. The number of hydrogen-bond acceptors (Lipinski definition) is 3. The minimum Gasteiger partial charge on any atom is -0.398 e. The molecule has 0 saturated carbocycles. The molecule has 2 aromatic rings. The molecule has 0 aliphatic heterocycles. The average Bonchev–Trinajstić information content (AvgIpc) is 2.68. The second-order valence-electron chi connectivity index (χ2n) is 3.45. The van der Waals surface area contributed by atoms with E-state index in [0.29, 0.717) is 21.2 Å². The smallest absolute Gasteiger partial charge is 0.204 e. The van der Waals surface area contributed by atoms with Crippen LogP contribution < -0.4 is 5.73 Å². The number of halogens is 1. The standard InChI is InChI=1S/C12H10ClNOS/c1-7-8(3-2-4-10(7)14)11(15)12-9(13)5-6-16-12/h2-6H,14H2,1H3. The zero-order valence-corrected chi connectivity index (χ0v) is 10.2. The van der Waals surface area contributed by atoms with E-state index in [-0.39, 0.29) is 5.78 Å². The van der Waals surface area contributed by atoms with Gasteiger partial charge in [0, 0.05) is 11.3 Å². The highest BCUT2D eigenvalue weighted by Crippen LogP contribution is 2.27. The molecule has 2 rings (SSSR count). The van der Waals surface area contributed by atoms with Crippen molar-refractivity contribution < 1.29 is 4.79 Å². The van der Waals surface area contributed by atoms with Gasteiger partial charge in [0.25, 0.3) is 0 Å². The van der Waals surface area contributed by atoms with Gasteiger partial charge in [-0.05, 0) is 30.0 Å². The van der Waals surface area contributed by atoms with Crippen LogP contribution in [-0.2, 0) is 0 Å². The summed E-state index contributed by atoms with van der Waals surface area (Å²) in [5, 5.41) is 2.30. The Balaban J connectivity index is 2.50. The van der Waals surface area contributed by atoms with Crippen molar-refractivity contribution in [2.45, 2.75) is 6.92 Å². The van der Waals surface area contributed by atoms with Crippen molar-refractivity contribution in [3.8, 4) is 0 Å². The third kappa shape index (κ3) is 1.84. The van der Waals surface area contributed by atoms with Crippen LogP contribution in [0.3, 0.4) is 0 Å². The van der Waals surface area contributed by atoms with Crippen LogP contribution >= 0.6 is 22.9 Å². The van der Waals surface area contributed by atoms with E-state index < -0.39 is 0 Å². The predicted octanol–water partition coefficient (Wildman–Crippen LogP) is 3.52. The van der Waals surface area contributed by atoms with E-state index >= 15 is 0 Å². The van der Waals surface area contributed by atoms with Crippen molar-refractivity contribution in [1.29, 1.82) is 0 Å². The third-order valence-electron chi connectivity index (χ3n) is 2.44. The summed E-state index contributed by atoms with van der Waals surface area (Å²) in [5.74, 6) is -0.0650. The second kappa shape index (κ2) is 4.28. The molecule has 0 aliphatic carbocycles. The SMILES string of the molecule is Cc1c(N)cccc1C(=O)c1sccc1Cl. The average molecular weight is 252 g/mol. The lowest BCUT2D eigenvalue weighted by atomic mass is 10.0. The Kier molecular flexibility index (Phi) is 2.99.